The number of nitrogens with zero attached hydrogens (tertiary/aromatic N) is 1. The molecule has 166 valence electrons. The van der Waals surface area contributed by atoms with E-state index >= 15 is 0 Å². The number of nitrogens with one attached hydrogen (secondary N) is 1. The number of alkyl carbamates (subject to hydrolysis) is 1. The minimum absolute atomic E-state index is 0.0301. The molecule has 1 aromatic heterocycles. The number of rotatable bonds is 7. The average Bonchev–Trinajstić information content (AvgIpc) is 3.12. The van der Waals surface area contributed by atoms with Crippen molar-refractivity contribution >= 4 is 23.4 Å². The Morgan fingerprint density at radius 1 is 1.06 bits per heavy atom. The molecule has 1 amide bonds. The number of carbonyl (C=O) groups is 1. The summed E-state index contributed by atoms with van der Waals surface area (Å²) in [6.45, 7) is 0.309. The third kappa shape index (κ3) is 4.55. The Morgan fingerprint density at radius 3 is 2.34 bits per heavy atom. The number of aromatic nitrogens is 1. The molecule has 5 N–H and O–H groups in total. The Morgan fingerprint density at radius 2 is 1.69 bits per heavy atom. The van der Waals surface area contributed by atoms with E-state index in [2.05, 4.69) is 34.6 Å². The highest BCUT2D eigenvalue weighted by atomic mass is 35.5. The number of aliphatic hydroxyl groups is 2. The Kier molecular flexibility index (Phi) is 6.60. The fourth-order valence-electron chi connectivity index (χ4n) is 4.01. The van der Waals surface area contributed by atoms with Crippen molar-refractivity contribution in [3.8, 4) is 11.1 Å². The molecule has 1 heterocycles. The van der Waals surface area contributed by atoms with Crippen LogP contribution in [0, 0.1) is 0 Å². The molecule has 2 atom stereocenters. The zero-order chi connectivity index (χ0) is 22.7. The maximum atomic E-state index is 12.2. The van der Waals surface area contributed by atoms with E-state index in [4.69, 9.17) is 22.1 Å². The number of pyridine rings is 1. The molecular formula is C24H24ClN3O4. The van der Waals surface area contributed by atoms with Crippen molar-refractivity contribution in [3.63, 3.8) is 0 Å². The van der Waals surface area contributed by atoms with Crippen LogP contribution in [0.5, 0.6) is 0 Å². The van der Waals surface area contributed by atoms with Gasteiger partial charge in [-0.3, -0.25) is 0 Å². The van der Waals surface area contributed by atoms with Crippen LogP contribution in [0.3, 0.4) is 0 Å². The highest BCUT2D eigenvalue weighted by Crippen LogP contribution is 2.44. The van der Waals surface area contributed by atoms with Crippen LogP contribution in [0.1, 0.15) is 35.3 Å². The lowest BCUT2D eigenvalue weighted by molar-refractivity contribution is 0.0116. The average molecular weight is 454 g/mol. The van der Waals surface area contributed by atoms with Gasteiger partial charge in [-0.2, -0.15) is 0 Å². The maximum absolute atomic E-state index is 12.2. The number of ether oxygens (including phenoxy) is 1. The lowest BCUT2D eigenvalue weighted by Gasteiger charge is -2.19. The molecule has 8 heteroatoms. The number of hydrogen-bond donors (Lipinski definition) is 4. The van der Waals surface area contributed by atoms with Crippen molar-refractivity contribution in [2.24, 2.45) is 0 Å². The van der Waals surface area contributed by atoms with Crippen molar-refractivity contribution in [1.82, 2.24) is 10.3 Å². The van der Waals surface area contributed by atoms with Crippen LogP contribution in [0.15, 0.2) is 60.7 Å². The molecular weight excluding hydrogens is 430 g/mol. The number of anilines is 1. The Labute approximate surface area is 190 Å². The maximum Gasteiger partial charge on any atom is 0.407 e. The molecule has 1 aliphatic rings. The zero-order valence-corrected chi connectivity index (χ0v) is 18.0. The molecule has 32 heavy (non-hydrogen) atoms. The van der Waals surface area contributed by atoms with Crippen LogP contribution in [0.2, 0.25) is 5.15 Å². The molecule has 0 spiro atoms. The highest BCUT2D eigenvalue weighted by molar-refractivity contribution is 6.29. The number of aliphatic hydroxyl groups excluding tert-OH is 2. The monoisotopic (exact) mass is 453 g/mol. The smallest absolute Gasteiger partial charge is 0.407 e. The summed E-state index contributed by atoms with van der Waals surface area (Å²) in [7, 11) is 0. The van der Waals surface area contributed by atoms with E-state index in [1.807, 2.05) is 24.3 Å². The van der Waals surface area contributed by atoms with Gasteiger partial charge >= 0.3 is 6.09 Å². The molecule has 0 saturated carbocycles. The minimum atomic E-state index is -1.32. The Hall–Kier alpha value is -3.13. The van der Waals surface area contributed by atoms with Crippen LogP contribution in [-0.4, -0.2) is 40.5 Å². The third-order valence-electron chi connectivity index (χ3n) is 5.62. The number of carbonyl (C=O) groups excluding carboxylic acids is 1. The van der Waals surface area contributed by atoms with E-state index in [0.29, 0.717) is 0 Å². The molecule has 3 aromatic rings. The van der Waals surface area contributed by atoms with Gasteiger partial charge in [-0.1, -0.05) is 60.1 Å². The molecule has 0 saturated heterocycles. The molecule has 7 nitrogen and oxygen atoms in total. The SMILES string of the molecule is Nc1ccc(Cl)nc1C(O)C(O)CCNC(=O)OCC1c2ccccc2-c2ccccc21. The van der Waals surface area contributed by atoms with Gasteiger partial charge in [-0.05, 0) is 40.8 Å². The first-order chi connectivity index (χ1) is 15.5. The van der Waals surface area contributed by atoms with E-state index in [0.717, 1.165) is 22.3 Å². The second-order valence-electron chi connectivity index (χ2n) is 7.66. The van der Waals surface area contributed by atoms with E-state index in [9.17, 15) is 15.0 Å². The van der Waals surface area contributed by atoms with E-state index < -0.39 is 18.3 Å². The minimum Gasteiger partial charge on any atom is -0.449 e. The number of amides is 1. The number of halogens is 1. The Bertz CT molecular complexity index is 1080. The van der Waals surface area contributed by atoms with E-state index in [-0.39, 0.29) is 42.0 Å². The molecule has 0 fully saturated rings. The summed E-state index contributed by atoms with van der Waals surface area (Å²) in [6, 6.07) is 19.2. The van der Waals surface area contributed by atoms with Crippen molar-refractivity contribution in [1.29, 1.82) is 0 Å². The molecule has 0 bridgehead atoms. The largest absolute Gasteiger partial charge is 0.449 e. The summed E-state index contributed by atoms with van der Waals surface area (Å²) in [6.07, 6.45) is -3.01. The lowest BCUT2D eigenvalue weighted by Crippen LogP contribution is -2.31. The normalized spacial score (nSPS) is 14.3. The predicted octanol–water partition coefficient (Wildman–Crippen LogP) is 3.64. The number of benzene rings is 2. The fourth-order valence-corrected chi connectivity index (χ4v) is 4.16. The topological polar surface area (TPSA) is 118 Å². The van der Waals surface area contributed by atoms with Gasteiger partial charge in [-0.15, -0.1) is 0 Å². The van der Waals surface area contributed by atoms with Gasteiger partial charge in [-0.25, -0.2) is 9.78 Å². The Balaban J connectivity index is 1.29. The molecule has 2 unspecified atom stereocenters. The highest BCUT2D eigenvalue weighted by Gasteiger charge is 2.29. The first-order valence-corrected chi connectivity index (χ1v) is 10.7. The van der Waals surface area contributed by atoms with Gasteiger partial charge < -0.3 is 26.0 Å². The van der Waals surface area contributed by atoms with Gasteiger partial charge in [0.1, 0.15) is 17.9 Å². The van der Waals surface area contributed by atoms with Crippen molar-refractivity contribution in [2.45, 2.75) is 24.5 Å². The molecule has 1 aliphatic carbocycles. The lowest BCUT2D eigenvalue weighted by atomic mass is 9.98. The summed E-state index contributed by atoms with van der Waals surface area (Å²) in [5.74, 6) is -0.0301. The zero-order valence-electron chi connectivity index (χ0n) is 17.2. The van der Waals surface area contributed by atoms with Gasteiger partial charge in [0.05, 0.1) is 17.5 Å². The van der Waals surface area contributed by atoms with Gasteiger partial charge in [0.2, 0.25) is 0 Å². The van der Waals surface area contributed by atoms with Crippen LogP contribution < -0.4 is 11.1 Å². The second-order valence-corrected chi connectivity index (χ2v) is 8.05. The van der Waals surface area contributed by atoms with Crippen molar-refractivity contribution in [2.75, 3.05) is 18.9 Å². The van der Waals surface area contributed by atoms with E-state index in [1.165, 1.54) is 12.1 Å². The van der Waals surface area contributed by atoms with Gasteiger partial charge in [0, 0.05) is 12.5 Å². The molecule has 0 radical (unpaired) electrons. The number of fused-ring (bicyclic) bond motifs is 3. The van der Waals surface area contributed by atoms with Gasteiger partial charge in [0.25, 0.3) is 0 Å². The second kappa shape index (κ2) is 9.56. The number of nitrogens with two attached hydrogens (primary N) is 1. The molecule has 0 aliphatic heterocycles. The summed E-state index contributed by atoms with van der Waals surface area (Å²) in [4.78, 5) is 16.2. The van der Waals surface area contributed by atoms with Crippen LogP contribution in [-0.2, 0) is 4.74 Å². The predicted molar refractivity (Wildman–Crippen MR) is 122 cm³/mol. The number of hydrogen-bond acceptors (Lipinski definition) is 6. The first-order valence-electron chi connectivity index (χ1n) is 10.3. The van der Waals surface area contributed by atoms with Crippen LogP contribution in [0.25, 0.3) is 11.1 Å². The molecule has 2 aromatic carbocycles. The van der Waals surface area contributed by atoms with Crippen LogP contribution in [0.4, 0.5) is 10.5 Å². The van der Waals surface area contributed by atoms with Crippen molar-refractivity contribution in [3.05, 3.63) is 82.6 Å². The van der Waals surface area contributed by atoms with Gasteiger partial charge in [0.15, 0.2) is 0 Å². The van der Waals surface area contributed by atoms with E-state index in [1.54, 1.807) is 0 Å². The van der Waals surface area contributed by atoms with Crippen LogP contribution >= 0.6 is 11.6 Å². The summed E-state index contributed by atoms with van der Waals surface area (Å²) in [5.41, 5.74) is 10.7. The first kappa shape index (κ1) is 22.1. The summed E-state index contributed by atoms with van der Waals surface area (Å²) >= 11 is 5.83. The third-order valence-corrected chi connectivity index (χ3v) is 5.83. The number of nitrogen functional groups attached to an aromatic ring is 1. The van der Waals surface area contributed by atoms with Crippen molar-refractivity contribution < 1.29 is 19.7 Å². The standard InChI is InChI=1S/C24H24ClN3O4/c25-21-10-9-19(26)22(28-21)23(30)20(29)11-12-27-24(31)32-13-18-16-7-3-1-5-14(16)15-6-2-4-8-17(15)18/h1-10,18,20,23,29-30H,11-13,26H2,(H,27,31). The molecule has 4 rings (SSSR count). The summed E-state index contributed by atoms with van der Waals surface area (Å²) < 4.78 is 5.46. The fraction of sp³-hybridized carbons (Fsp3) is 0.250. The quantitative estimate of drug-likeness (QED) is 0.406. The summed E-state index contributed by atoms with van der Waals surface area (Å²) in [5, 5.41) is 23.3.